The highest BCUT2D eigenvalue weighted by molar-refractivity contribution is 5.96. The van der Waals surface area contributed by atoms with Gasteiger partial charge in [0.05, 0.1) is 11.5 Å². The van der Waals surface area contributed by atoms with Gasteiger partial charge < -0.3 is 9.80 Å². The van der Waals surface area contributed by atoms with Gasteiger partial charge in [-0.15, -0.1) is 0 Å². The van der Waals surface area contributed by atoms with E-state index in [2.05, 4.69) is 41.8 Å². The maximum absolute atomic E-state index is 13.0. The van der Waals surface area contributed by atoms with Gasteiger partial charge in [-0.1, -0.05) is 12.1 Å². The van der Waals surface area contributed by atoms with Crippen LogP contribution in [-0.2, 0) is 11.2 Å². The molecule has 2 aliphatic rings. The molecule has 0 aliphatic carbocycles. The highest BCUT2D eigenvalue weighted by Crippen LogP contribution is 2.31. The largest absolute Gasteiger partial charge is 0.369 e. The standard InChI is InChI=1S/C23H28N4O3/c1-17-5-3-7-21(18(17)2)25-13-11-24(12-14-25)16-23(28)26-10-4-6-19-15-20(27(29)30)8-9-22(19)26/h3,5,7-9,15H,4,6,10-14,16H2,1-2H3. The lowest BCUT2D eigenvalue weighted by molar-refractivity contribution is -0.384. The second-order valence-corrected chi connectivity index (χ2v) is 8.20. The molecule has 2 aromatic rings. The first-order valence-electron chi connectivity index (χ1n) is 10.6. The lowest BCUT2D eigenvalue weighted by atomic mass is 10.0. The number of hydrogen-bond acceptors (Lipinski definition) is 5. The third-order valence-corrected chi connectivity index (χ3v) is 6.34. The predicted octanol–water partition coefficient (Wildman–Crippen LogP) is 3.31. The van der Waals surface area contributed by atoms with Crippen LogP contribution in [0.15, 0.2) is 36.4 Å². The van der Waals surface area contributed by atoms with Crippen LogP contribution in [0.25, 0.3) is 0 Å². The van der Waals surface area contributed by atoms with Gasteiger partial charge >= 0.3 is 0 Å². The van der Waals surface area contributed by atoms with Crippen LogP contribution in [0.4, 0.5) is 17.1 Å². The summed E-state index contributed by atoms with van der Waals surface area (Å²) in [6.07, 6.45) is 1.61. The van der Waals surface area contributed by atoms with Crippen LogP contribution in [0.1, 0.15) is 23.1 Å². The Bertz CT molecular complexity index is 967. The van der Waals surface area contributed by atoms with Gasteiger partial charge in [-0.2, -0.15) is 0 Å². The molecule has 0 atom stereocenters. The van der Waals surface area contributed by atoms with Crippen molar-refractivity contribution >= 4 is 23.0 Å². The van der Waals surface area contributed by atoms with Crippen molar-refractivity contribution in [3.8, 4) is 0 Å². The summed E-state index contributed by atoms with van der Waals surface area (Å²) in [6, 6.07) is 11.2. The monoisotopic (exact) mass is 408 g/mol. The van der Waals surface area contributed by atoms with E-state index in [1.54, 1.807) is 17.0 Å². The summed E-state index contributed by atoms with van der Waals surface area (Å²) < 4.78 is 0. The molecular formula is C23H28N4O3. The first kappa shape index (κ1) is 20.3. The van der Waals surface area contributed by atoms with Crippen molar-refractivity contribution in [2.75, 3.05) is 49.1 Å². The second-order valence-electron chi connectivity index (χ2n) is 8.20. The number of anilines is 2. The van der Waals surface area contributed by atoms with Crippen molar-refractivity contribution < 1.29 is 9.72 Å². The van der Waals surface area contributed by atoms with E-state index >= 15 is 0 Å². The molecule has 7 nitrogen and oxygen atoms in total. The molecule has 0 radical (unpaired) electrons. The average Bonchev–Trinajstić information content (AvgIpc) is 2.75. The molecule has 2 heterocycles. The highest BCUT2D eigenvalue weighted by Gasteiger charge is 2.27. The van der Waals surface area contributed by atoms with Crippen molar-refractivity contribution in [2.24, 2.45) is 0 Å². The number of nitro groups is 1. The normalized spacial score (nSPS) is 17.0. The van der Waals surface area contributed by atoms with Gasteiger partial charge in [0.15, 0.2) is 0 Å². The van der Waals surface area contributed by atoms with Crippen molar-refractivity contribution in [1.29, 1.82) is 0 Å². The summed E-state index contributed by atoms with van der Waals surface area (Å²) in [4.78, 5) is 30.1. The molecule has 0 saturated carbocycles. The molecule has 1 saturated heterocycles. The van der Waals surface area contributed by atoms with E-state index in [1.165, 1.54) is 22.9 Å². The molecule has 0 aromatic heterocycles. The number of piperazine rings is 1. The minimum atomic E-state index is -0.378. The number of hydrogen-bond donors (Lipinski definition) is 0. The Hall–Kier alpha value is -2.93. The minimum Gasteiger partial charge on any atom is -0.369 e. The Morgan fingerprint density at radius 3 is 2.53 bits per heavy atom. The van der Waals surface area contributed by atoms with Crippen LogP contribution in [0, 0.1) is 24.0 Å². The van der Waals surface area contributed by atoms with Gasteiger partial charge in [0, 0.05) is 56.2 Å². The molecule has 2 aromatic carbocycles. The molecule has 4 rings (SSSR count). The van der Waals surface area contributed by atoms with Crippen molar-refractivity contribution in [1.82, 2.24) is 4.90 Å². The molecule has 0 unspecified atom stereocenters. The highest BCUT2D eigenvalue weighted by atomic mass is 16.6. The first-order chi connectivity index (χ1) is 14.4. The molecule has 2 aliphatic heterocycles. The summed E-state index contributed by atoms with van der Waals surface area (Å²) in [6.45, 7) is 8.86. The fourth-order valence-corrected chi connectivity index (χ4v) is 4.46. The van der Waals surface area contributed by atoms with Crippen LogP contribution in [0.5, 0.6) is 0 Å². The quantitative estimate of drug-likeness (QED) is 0.573. The molecule has 0 N–H and O–H groups in total. The number of carbonyl (C=O) groups is 1. The Labute approximate surface area is 177 Å². The summed E-state index contributed by atoms with van der Waals surface area (Å²) in [7, 11) is 0. The van der Waals surface area contributed by atoms with Crippen molar-refractivity contribution in [2.45, 2.75) is 26.7 Å². The van der Waals surface area contributed by atoms with Gasteiger partial charge in [-0.05, 0) is 55.5 Å². The smallest absolute Gasteiger partial charge is 0.269 e. The van der Waals surface area contributed by atoms with E-state index in [1.807, 2.05) is 0 Å². The number of carbonyl (C=O) groups excluding carboxylic acids is 1. The van der Waals surface area contributed by atoms with Crippen molar-refractivity contribution in [3.05, 3.63) is 63.2 Å². The lowest BCUT2D eigenvalue weighted by Crippen LogP contribution is -2.51. The SMILES string of the molecule is Cc1cccc(N2CCN(CC(=O)N3CCCc4cc([N+](=O)[O-])ccc43)CC2)c1C. The van der Waals surface area contributed by atoms with E-state index in [9.17, 15) is 14.9 Å². The fraction of sp³-hybridized carbons (Fsp3) is 0.435. The predicted molar refractivity (Wildman–Crippen MR) is 118 cm³/mol. The number of amides is 1. The van der Waals surface area contributed by atoms with Gasteiger partial charge in [0.2, 0.25) is 5.91 Å². The summed E-state index contributed by atoms with van der Waals surface area (Å²) >= 11 is 0. The number of benzene rings is 2. The summed E-state index contributed by atoms with van der Waals surface area (Å²) in [5.41, 5.74) is 5.71. The molecule has 1 fully saturated rings. The number of rotatable bonds is 4. The Balaban J connectivity index is 1.39. The zero-order valence-corrected chi connectivity index (χ0v) is 17.6. The zero-order valence-electron chi connectivity index (χ0n) is 17.6. The lowest BCUT2D eigenvalue weighted by Gasteiger charge is -2.38. The third kappa shape index (κ3) is 4.03. The Morgan fingerprint density at radius 2 is 1.80 bits per heavy atom. The molecule has 30 heavy (non-hydrogen) atoms. The molecular weight excluding hydrogens is 380 g/mol. The average molecular weight is 409 g/mol. The third-order valence-electron chi connectivity index (χ3n) is 6.34. The maximum atomic E-state index is 13.0. The van der Waals surface area contributed by atoms with Crippen molar-refractivity contribution in [3.63, 3.8) is 0 Å². The molecule has 0 spiro atoms. The van der Waals surface area contributed by atoms with E-state index in [-0.39, 0.29) is 16.5 Å². The maximum Gasteiger partial charge on any atom is 0.269 e. The topological polar surface area (TPSA) is 69.9 Å². The van der Waals surface area contributed by atoms with Crippen LogP contribution < -0.4 is 9.80 Å². The van der Waals surface area contributed by atoms with Gasteiger partial charge in [-0.25, -0.2) is 0 Å². The number of nitro benzene ring substituents is 1. The van der Waals surface area contributed by atoms with Gasteiger partial charge in [0.25, 0.3) is 5.69 Å². The Kier molecular flexibility index (Phi) is 5.72. The summed E-state index contributed by atoms with van der Waals surface area (Å²) in [5.74, 6) is 0.0741. The van der Waals surface area contributed by atoms with E-state index in [0.29, 0.717) is 13.1 Å². The van der Waals surface area contributed by atoms with E-state index in [0.717, 1.165) is 50.3 Å². The minimum absolute atomic E-state index is 0.0741. The van der Waals surface area contributed by atoms with Crippen LogP contribution in [-0.4, -0.2) is 55.0 Å². The first-order valence-corrected chi connectivity index (χ1v) is 10.6. The van der Waals surface area contributed by atoms with Gasteiger partial charge in [0.1, 0.15) is 0 Å². The number of aryl methyl sites for hydroxylation is 2. The summed E-state index contributed by atoms with van der Waals surface area (Å²) in [5, 5.41) is 11.0. The number of non-ortho nitro benzene ring substituents is 1. The van der Waals surface area contributed by atoms with Crippen LogP contribution in [0.2, 0.25) is 0 Å². The molecule has 1 amide bonds. The van der Waals surface area contributed by atoms with Crippen LogP contribution in [0.3, 0.4) is 0 Å². The number of fused-ring (bicyclic) bond motifs is 1. The van der Waals surface area contributed by atoms with E-state index in [4.69, 9.17) is 0 Å². The van der Waals surface area contributed by atoms with Gasteiger partial charge in [-0.3, -0.25) is 19.8 Å². The molecule has 158 valence electrons. The Morgan fingerprint density at radius 1 is 1.03 bits per heavy atom. The fourth-order valence-electron chi connectivity index (χ4n) is 4.46. The number of nitrogens with zero attached hydrogens (tertiary/aromatic N) is 4. The molecule has 0 bridgehead atoms. The van der Waals surface area contributed by atoms with E-state index < -0.39 is 0 Å². The second kappa shape index (κ2) is 8.44. The zero-order chi connectivity index (χ0) is 21.3. The van der Waals surface area contributed by atoms with Crippen LogP contribution >= 0.6 is 0 Å². The molecule has 7 heteroatoms.